The van der Waals surface area contributed by atoms with Gasteiger partial charge in [-0.15, -0.1) is 0 Å². The van der Waals surface area contributed by atoms with E-state index < -0.39 is 24.1 Å². The van der Waals surface area contributed by atoms with Crippen LogP contribution in [0.5, 0.6) is 0 Å². The number of carbonyl (C=O) groups is 2. The Balaban J connectivity index is 2.58. The van der Waals surface area contributed by atoms with E-state index in [9.17, 15) is 14.7 Å². The number of ether oxygens (including phenoxy) is 1. The van der Waals surface area contributed by atoms with Gasteiger partial charge >= 0.3 is 12.0 Å². The fraction of sp³-hybridized carbons (Fsp3) is 0.800. The van der Waals surface area contributed by atoms with Gasteiger partial charge in [-0.3, -0.25) is 0 Å². The molecule has 0 aromatic carbocycles. The van der Waals surface area contributed by atoms with Crippen molar-refractivity contribution < 1.29 is 24.5 Å². The number of aliphatic hydroxyl groups excluding tert-OH is 1. The standard InChI is InChI=1S/C10H18N2O5/c1-6(5-17-2)11-10(16)12-4-7(13)3-8(12)9(14)15/h6-8,13H,3-5H2,1-2H3,(H,11,16)(H,14,15)/t6?,7-,8-/m0/s1. The number of aliphatic carboxylic acids is 1. The lowest BCUT2D eigenvalue weighted by atomic mass is 10.2. The first-order valence-electron chi connectivity index (χ1n) is 5.42. The van der Waals surface area contributed by atoms with Crippen LogP contribution in [0.3, 0.4) is 0 Å². The normalized spacial score (nSPS) is 25.7. The van der Waals surface area contributed by atoms with Crippen LogP contribution in [-0.4, -0.2) is 65.6 Å². The number of carboxylic acids is 1. The van der Waals surface area contributed by atoms with Gasteiger partial charge in [0.05, 0.1) is 18.8 Å². The van der Waals surface area contributed by atoms with Crippen LogP contribution < -0.4 is 5.32 Å². The van der Waals surface area contributed by atoms with Crippen molar-refractivity contribution in [1.29, 1.82) is 0 Å². The Labute approximate surface area is 99.4 Å². The van der Waals surface area contributed by atoms with E-state index in [2.05, 4.69) is 5.32 Å². The first-order valence-corrected chi connectivity index (χ1v) is 5.42. The van der Waals surface area contributed by atoms with E-state index in [1.807, 2.05) is 0 Å². The smallest absolute Gasteiger partial charge is 0.326 e. The highest BCUT2D eigenvalue weighted by atomic mass is 16.5. The highest BCUT2D eigenvalue weighted by Crippen LogP contribution is 2.18. The fourth-order valence-corrected chi connectivity index (χ4v) is 1.86. The maximum absolute atomic E-state index is 11.8. The number of methoxy groups -OCH3 is 1. The van der Waals surface area contributed by atoms with Gasteiger partial charge in [0.15, 0.2) is 0 Å². The number of β-amino-alcohol motifs (C(OH)–C–C–N with tert-alkyl or cyclic N) is 1. The van der Waals surface area contributed by atoms with E-state index in [-0.39, 0.29) is 19.0 Å². The van der Waals surface area contributed by atoms with Crippen molar-refractivity contribution in [1.82, 2.24) is 10.2 Å². The molecule has 7 heteroatoms. The summed E-state index contributed by atoms with van der Waals surface area (Å²) in [4.78, 5) is 23.8. The third-order valence-corrected chi connectivity index (χ3v) is 2.61. The van der Waals surface area contributed by atoms with Crippen LogP contribution in [-0.2, 0) is 9.53 Å². The summed E-state index contributed by atoms with van der Waals surface area (Å²) in [7, 11) is 1.52. The molecule has 0 aliphatic carbocycles. The number of hydrogen-bond donors (Lipinski definition) is 3. The molecule has 1 fully saturated rings. The number of aliphatic hydroxyl groups is 1. The number of rotatable bonds is 4. The maximum Gasteiger partial charge on any atom is 0.326 e. The van der Waals surface area contributed by atoms with Crippen molar-refractivity contribution in [2.24, 2.45) is 0 Å². The van der Waals surface area contributed by atoms with Gasteiger partial charge in [0, 0.05) is 20.1 Å². The summed E-state index contributed by atoms with van der Waals surface area (Å²) in [5.74, 6) is -1.10. The Morgan fingerprint density at radius 1 is 1.59 bits per heavy atom. The second kappa shape index (κ2) is 5.83. The summed E-state index contributed by atoms with van der Waals surface area (Å²) in [5.41, 5.74) is 0. The molecule has 0 radical (unpaired) electrons. The topological polar surface area (TPSA) is 99.1 Å². The molecule has 0 bridgehead atoms. The number of amides is 2. The van der Waals surface area contributed by atoms with Gasteiger partial charge in [-0.25, -0.2) is 9.59 Å². The number of hydrogen-bond acceptors (Lipinski definition) is 4. The third-order valence-electron chi connectivity index (χ3n) is 2.61. The number of nitrogens with one attached hydrogen (secondary N) is 1. The molecule has 0 saturated carbocycles. The van der Waals surface area contributed by atoms with Crippen LogP contribution in [0.25, 0.3) is 0 Å². The van der Waals surface area contributed by atoms with Crippen molar-refractivity contribution in [3.63, 3.8) is 0 Å². The van der Waals surface area contributed by atoms with Crippen molar-refractivity contribution in [2.75, 3.05) is 20.3 Å². The van der Waals surface area contributed by atoms with E-state index in [4.69, 9.17) is 9.84 Å². The molecular weight excluding hydrogens is 228 g/mol. The van der Waals surface area contributed by atoms with E-state index in [1.165, 1.54) is 7.11 Å². The Kier molecular flexibility index (Phi) is 4.71. The molecule has 1 heterocycles. The van der Waals surface area contributed by atoms with Crippen LogP contribution >= 0.6 is 0 Å². The van der Waals surface area contributed by atoms with Crippen molar-refractivity contribution in [3.05, 3.63) is 0 Å². The molecule has 1 unspecified atom stereocenters. The molecule has 2 amide bonds. The number of likely N-dealkylation sites (tertiary alicyclic amines) is 1. The lowest BCUT2D eigenvalue weighted by Crippen LogP contribution is -2.49. The molecule has 0 aromatic rings. The predicted octanol–water partition coefficient (Wildman–Crippen LogP) is -0.749. The summed E-state index contributed by atoms with van der Waals surface area (Å²) in [6.45, 7) is 2.14. The van der Waals surface area contributed by atoms with Gasteiger partial charge < -0.3 is 25.2 Å². The third kappa shape index (κ3) is 3.57. The summed E-state index contributed by atoms with van der Waals surface area (Å²) >= 11 is 0. The Morgan fingerprint density at radius 3 is 2.76 bits per heavy atom. The average Bonchev–Trinajstić information content (AvgIpc) is 2.60. The van der Waals surface area contributed by atoms with Crippen molar-refractivity contribution in [3.8, 4) is 0 Å². The lowest BCUT2D eigenvalue weighted by molar-refractivity contribution is -0.141. The first kappa shape index (κ1) is 13.7. The summed E-state index contributed by atoms with van der Waals surface area (Å²) < 4.78 is 4.86. The summed E-state index contributed by atoms with van der Waals surface area (Å²) in [5, 5.41) is 20.9. The second-order valence-electron chi connectivity index (χ2n) is 4.20. The zero-order chi connectivity index (χ0) is 13.0. The molecule has 0 spiro atoms. The number of urea groups is 1. The Morgan fingerprint density at radius 2 is 2.24 bits per heavy atom. The molecule has 1 aliphatic rings. The molecule has 1 saturated heterocycles. The van der Waals surface area contributed by atoms with Crippen LogP contribution in [0.1, 0.15) is 13.3 Å². The molecule has 3 N–H and O–H groups in total. The molecule has 7 nitrogen and oxygen atoms in total. The minimum absolute atomic E-state index is 0.0441. The molecule has 98 valence electrons. The van der Waals surface area contributed by atoms with Crippen LogP contribution in [0.15, 0.2) is 0 Å². The predicted molar refractivity (Wildman–Crippen MR) is 58.6 cm³/mol. The van der Waals surface area contributed by atoms with Gasteiger partial charge in [-0.05, 0) is 6.92 Å². The highest BCUT2D eigenvalue weighted by molar-refractivity contribution is 5.83. The first-order chi connectivity index (χ1) is 7.95. The highest BCUT2D eigenvalue weighted by Gasteiger charge is 2.39. The zero-order valence-electron chi connectivity index (χ0n) is 9.92. The lowest BCUT2D eigenvalue weighted by Gasteiger charge is -2.23. The fourth-order valence-electron chi connectivity index (χ4n) is 1.86. The largest absolute Gasteiger partial charge is 0.480 e. The number of carboxylic acid groups (broad SMARTS) is 1. The van der Waals surface area contributed by atoms with E-state index in [0.29, 0.717) is 6.61 Å². The van der Waals surface area contributed by atoms with Crippen LogP contribution in [0.4, 0.5) is 4.79 Å². The van der Waals surface area contributed by atoms with Gasteiger partial charge in [0.25, 0.3) is 0 Å². The van der Waals surface area contributed by atoms with E-state index in [1.54, 1.807) is 6.92 Å². The summed E-state index contributed by atoms with van der Waals surface area (Å²) in [6.07, 6.45) is -0.707. The SMILES string of the molecule is COCC(C)NC(=O)N1C[C@@H](O)C[C@H]1C(=O)O. The molecule has 17 heavy (non-hydrogen) atoms. The quantitative estimate of drug-likeness (QED) is 0.606. The zero-order valence-corrected chi connectivity index (χ0v) is 9.92. The molecule has 0 aromatic heterocycles. The monoisotopic (exact) mass is 246 g/mol. The van der Waals surface area contributed by atoms with E-state index in [0.717, 1.165) is 4.90 Å². The number of nitrogens with zero attached hydrogens (tertiary/aromatic N) is 1. The van der Waals surface area contributed by atoms with Crippen molar-refractivity contribution >= 4 is 12.0 Å². The van der Waals surface area contributed by atoms with Gasteiger partial charge in [-0.2, -0.15) is 0 Å². The Hall–Kier alpha value is -1.34. The maximum atomic E-state index is 11.8. The van der Waals surface area contributed by atoms with Crippen LogP contribution in [0, 0.1) is 0 Å². The summed E-state index contributed by atoms with van der Waals surface area (Å²) in [6, 6.07) is -1.65. The minimum Gasteiger partial charge on any atom is -0.480 e. The van der Waals surface area contributed by atoms with Gasteiger partial charge in [0.1, 0.15) is 6.04 Å². The molecule has 1 rings (SSSR count). The van der Waals surface area contributed by atoms with Crippen molar-refractivity contribution in [2.45, 2.75) is 31.5 Å². The second-order valence-corrected chi connectivity index (χ2v) is 4.20. The average molecular weight is 246 g/mol. The number of carbonyl (C=O) groups excluding carboxylic acids is 1. The molecular formula is C10H18N2O5. The Bertz CT molecular complexity index is 296. The van der Waals surface area contributed by atoms with E-state index >= 15 is 0 Å². The molecule has 1 aliphatic heterocycles. The minimum atomic E-state index is -1.10. The van der Waals surface area contributed by atoms with Gasteiger partial charge in [-0.1, -0.05) is 0 Å². The van der Waals surface area contributed by atoms with Crippen LogP contribution in [0.2, 0.25) is 0 Å². The molecule has 3 atom stereocenters. The van der Waals surface area contributed by atoms with Gasteiger partial charge in [0.2, 0.25) is 0 Å².